The van der Waals surface area contributed by atoms with Crippen LogP contribution in [0.25, 0.3) is 0 Å². The average Bonchev–Trinajstić information content (AvgIpc) is 2.78. The van der Waals surface area contributed by atoms with Crippen molar-refractivity contribution < 1.29 is 19.1 Å². The van der Waals surface area contributed by atoms with E-state index in [2.05, 4.69) is 42.5 Å². The fourth-order valence-corrected chi connectivity index (χ4v) is 3.83. The molecule has 0 saturated heterocycles. The quantitative estimate of drug-likeness (QED) is 0.357. The summed E-state index contributed by atoms with van der Waals surface area (Å²) in [4.78, 5) is 25.9. The van der Waals surface area contributed by atoms with Gasteiger partial charge in [0, 0.05) is 20.1 Å². The summed E-state index contributed by atoms with van der Waals surface area (Å²) in [7, 11) is 1.55. The molecule has 3 aromatic carbocycles. The summed E-state index contributed by atoms with van der Waals surface area (Å²) in [5, 5.41) is 5.80. The van der Waals surface area contributed by atoms with Crippen molar-refractivity contribution in [1.29, 1.82) is 0 Å². The van der Waals surface area contributed by atoms with E-state index in [9.17, 15) is 9.59 Å². The smallest absolute Gasteiger partial charge is 0.253 e. The molecule has 0 saturated carbocycles. The van der Waals surface area contributed by atoms with Crippen LogP contribution in [-0.2, 0) is 0 Å². The molecule has 0 unspecified atom stereocenters. The molecule has 6 nitrogen and oxygen atoms in total. The normalized spacial score (nSPS) is 10.5. The maximum absolute atomic E-state index is 12.9. The molecule has 0 aliphatic heterocycles. The van der Waals surface area contributed by atoms with E-state index in [0.717, 1.165) is 8.95 Å². The van der Waals surface area contributed by atoms with Crippen molar-refractivity contribution in [2.75, 3.05) is 13.7 Å². The third kappa shape index (κ3) is 6.11. The molecule has 0 fully saturated rings. The molecule has 0 atom stereocenters. The van der Waals surface area contributed by atoms with Crippen molar-refractivity contribution in [3.05, 3.63) is 92.4 Å². The molecule has 0 spiro atoms. The molecule has 0 aromatic heterocycles. The predicted molar refractivity (Wildman–Crippen MR) is 130 cm³/mol. The topological polar surface area (TPSA) is 76.7 Å². The Bertz CT molecular complexity index is 1060. The van der Waals surface area contributed by atoms with Crippen LogP contribution in [0.1, 0.15) is 39.4 Å². The fourth-order valence-electron chi connectivity index (χ4n) is 3.03. The van der Waals surface area contributed by atoms with Crippen molar-refractivity contribution in [1.82, 2.24) is 10.6 Å². The number of benzene rings is 3. The maximum Gasteiger partial charge on any atom is 0.253 e. The van der Waals surface area contributed by atoms with Gasteiger partial charge in [0.2, 0.25) is 0 Å². The zero-order valence-electron chi connectivity index (χ0n) is 17.5. The molecule has 3 rings (SSSR count). The predicted octanol–water partition coefficient (Wildman–Crippen LogP) is 5.48. The van der Waals surface area contributed by atoms with Crippen LogP contribution in [-0.4, -0.2) is 25.5 Å². The van der Waals surface area contributed by atoms with E-state index < -0.39 is 6.17 Å². The number of halogens is 2. The number of ether oxygens (including phenoxy) is 2. The van der Waals surface area contributed by atoms with Gasteiger partial charge in [0.1, 0.15) is 6.17 Å². The Labute approximate surface area is 203 Å². The molecule has 0 radical (unpaired) electrons. The minimum Gasteiger partial charge on any atom is -0.493 e. The Morgan fingerprint density at radius 1 is 0.844 bits per heavy atom. The zero-order valence-corrected chi connectivity index (χ0v) is 20.7. The van der Waals surface area contributed by atoms with Gasteiger partial charge in [-0.2, -0.15) is 0 Å². The Morgan fingerprint density at radius 2 is 1.41 bits per heavy atom. The summed E-state index contributed by atoms with van der Waals surface area (Å²) < 4.78 is 12.6. The summed E-state index contributed by atoms with van der Waals surface area (Å²) in [5.74, 6) is 0.413. The molecule has 0 bridgehead atoms. The molecule has 8 heteroatoms. The number of rotatable bonds is 8. The van der Waals surface area contributed by atoms with E-state index in [4.69, 9.17) is 9.47 Å². The van der Waals surface area contributed by atoms with Crippen LogP contribution in [0.15, 0.2) is 75.7 Å². The van der Waals surface area contributed by atoms with Crippen molar-refractivity contribution in [3.8, 4) is 11.5 Å². The zero-order chi connectivity index (χ0) is 23.1. The Morgan fingerprint density at radius 3 is 1.88 bits per heavy atom. The standard InChI is InChI=1S/C24H22Br2N2O4/c1-3-32-21-14-15(10-11-20(21)31-2)22(27-23(29)16-6-4-8-18(25)12-16)28-24(30)17-7-5-9-19(26)13-17/h4-14,22H,3H2,1-2H3,(H,27,29)(H,28,30). The molecule has 32 heavy (non-hydrogen) atoms. The van der Waals surface area contributed by atoms with Gasteiger partial charge in [0.15, 0.2) is 11.5 Å². The lowest BCUT2D eigenvalue weighted by molar-refractivity contribution is 0.0883. The van der Waals surface area contributed by atoms with Crippen LogP contribution in [0, 0.1) is 0 Å². The number of carbonyl (C=O) groups is 2. The van der Waals surface area contributed by atoms with E-state index >= 15 is 0 Å². The molecule has 3 aromatic rings. The highest BCUT2D eigenvalue weighted by molar-refractivity contribution is 9.10. The van der Waals surface area contributed by atoms with Gasteiger partial charge in [-0.05, 0) is 61.0 Å². The fraction of sp³-hybridized carbons (Fsp3) is 0.167. The molecule has 166 valence electrons. The summed E-state index contributed by atoms with van der Waals surface area (Å²) in [6.45, 7) is 2.31. The Kier molecular flexibility index (Phi) is 8.30. The third-order valence-corrected chi connectivity index (χ3v) is 5.53. The van der Waals surface area contributed by atoms with Crippen LogP contribution >= 0.6 is 31.9 Å². The summed E-state index contributed by atoms with van der Waals surface area (Å²) in [5.41, 5.74) is 1.56. The average molecular weight is 562 g/mol. The third-order valence-electron chi connectivity index (χ3n) is 4.55. The van der Waals surface area contributed by atoms with Crippen LogP contribution in [0.2, 0.25) is 0 Å². The van der Waals surface area contributed by atoms with E-state index in [1.54, 1.807) is 61.7 Å². The van der Waals surface area contributed by atoms with Gasteiger partial charge < -0.3 is 20.1 Å². The summed E-state index contributed by atoms with van der Waals surface area (Å²) in [6, 6.07) is 19.3. The lowest BCUT2D eigenvalue weighted by Gasteiger charge is -2.22. The lowest BCUT2D eigenvalue weighted by Crippen LogP contribution is -2.41. The van der Waals surface area contributed by atoms with Gasteiger partial charge in [0.25, 0.3) is 11.8 Å². The number of nitrogens with one attached hydrogen (secondary N) is 2. The first-order valence-electron chi connectivity index (χ1n) is 9.85. The molecule has 2 N–H and O–H groups in total. The molecule has 2 amide bonds. The molecule has 0 aliphatic carbocycles. The van der Waals surface area contributed by atoms with E-state index in [0.29, 0.717) is 34.8 Å². The van der Waals surface area contributed by atoms with Crippen LogP contribution < -0.4 is 20.1 Å². The first-order chi connectivity index (χ1) is 15.4. The van der Waals surface area contributed by atoms with Crippen molar-refractivity contribution >= 4 is 43.7 Å². The highest BCUT2D eigenvalue weighted by atomic mass is 79.9. The number of methoxy groups -OCH3 is 1. The van der Waals surface area contributed by atoms with Gasteiger partial charge in [0.05, 0.1) is 13.7 Å². The maximum atomic E-state index is 12.9. The van der Waals surface area contributed by atoms with E-state index in [1.807, 2.05) is 19.1 Å². The monoisotopic (exact) mass is 560 g/mol. The molecule has 0 aliphatic rings. The minimum atomic E-state index is -0.807. The highest BCUT2D eigenvalue weighted by Gasteiger charge is 2.21. The van der Waals surface area contributed by atoms with Crippen molar-refractivity contribution in [3.63, 3.8) is 0 Å². The lowest BCUT2D eigenvalue weighted by atomic mass is 10.1. The van der Waals surface area contributed by atoms with Crippen LogP contribution in [0.4, 0.5) is 0 Å². The van der Waals surface area contributed by atoms with Gasteiger partial charge in [-0.3, -0.25) is 9.59 Å². The second-order valence-electron chi connectivity index (χ2n) is 6.74. The summed E-state index contributed by atoms with van der Waals surface area (Å²) >= 11 is 6.75. The SMILES string of the molecule is CCOc1cc(C(NC(=O)c2cccc(Br)c2)NC(=O)c2cccc(Br)c2)ccc1OC. The van der Waals surface area contributed by atoms with E-state index in [1.165, 1.54) is 0 Å². The first-order valence-corrected chi connectivity index (χ1v) is 11.4. The van der Waals surface area contributed by atoms with Crippen LogP contribution in [0.5, 0.6) is 11.5 Å². The second kappa shape index (κ2) is 11.2. The number of hydrogen-bond donors (Lipinski definition) is 2. The number of carbonyl (C=O) groups excluding carboxylic acids is 2. The van der Waals surface area contributed by atoms with Gasteiger partial charge in [-0.25, -0.2) is 0 Å². The Hall–Kier alpha value is -2.84. The number of hydrogen-bond acceptors (Lipinski definition) is 4. The molecular formula is C24H22Br2N2O4. The largest absolute Gasteiger partial charge is 0.493 e. The number of amides is 2. The summed E-state index contributed by atoms with van der Waals surface area (Å²) in [6.07, 6.45) is -0.807. The van der Waals surface area contributed by atoms with Gasteiger partial charge >= 0.3 is 0 Å². The van der Waals surface area contributed by atoms with Gasteiger partial charge in [-0.15, -0.1) is 0 Å². The molecular weight excluding hydrogens is 540 g/mol. The van der Waals surface area contributed by atoms with Crippen molar-refractivity contribution in [2.45, 2.75) is 13.1 Å². The van der Waals surface area contributed by atoms with E-state index in [-0.39, 0.29) is 11.8 Å². The molecule has 0 heterocycles. The van der Waals surface area contributed by atoms with Crippen LogP contribution in [0.3, 0.4) is 0 Å². The minimum absolute atomic E-state index is 0.334. The first kappa shape index (κ1) is 23.8. The second-order valence-corrected chi connectivity index (χ2v) is 8.58. The highest BCUT2D eigenvalue weighted by Crippen LogP contribution is 2.30. The van der Waals surface area contributed by atoms with Crippen molar-refractivity contribution in [2.24, 2.45) is 0 Å². The van der Waals surface area contributed by atoms with Gasteiger partial charge in [-0.1, -0.05) is 50.1 Å². The Balaban J connectivity index is 1.94.